The first-order chi connectivity index (χ1) is 7.77. The van der Waals surface area contributed by atoms with Crippen LogP contribution in [0.15, 0.2) is 30.3 Å². The molecule has 0 saturated carbocycles. The highest BCUT2D eigenvalue weighted by atomic mass is 35.5. The van der Waals surface area contributed by atoms with Gasteiger partial charge in [-0.05, 0) is 17.9 Å². The van der Waals surface area contributed by atoms with Crippen molar-refractivity contribution in [3.8, 4) is 0 Å². The molecular formula is C13H21ClN2O. The van der Waals surface area contributed by atoms with Gasteiger partial charge in [0, 0.05) is 19.5 Å². The van der Waals surface area contributed by atoms with Crippen LogP contribution in [-0.4, -0.2) is 19.0 Å². The molecule has 1 rings (SSSR count). The van der Waals surface area contributed by atoms with Crippen LogP contribution in [0.3, 0.4) is 0 Å². The maximum Gasteiger partial charge on any atom is 0.220 e. The predicted octanol–water partition coefficient (Wildman–Crippen LogP) is 2.07. The molecule has 96 valence electrons. The number of halogens is 1. The van der Waals surface area contributed by atoms with Gasteiger partial charge in [-0.2, -0.15) is 0 Å². The van der Waals surface area contributed by atoms with Crippen molar-refractivity contribution in [1.29, 1.82) is 0 Å². The monoisotopic (exact) mass is 256 g/mol. The molecule has 1 amide bonds. The van der Waals surface area contributed by atoms with Gasteiger partial charge in [-0.25, -0.2) is 0 Å². The highest BCUT2D eigenvalue weighted by Crippen LogP contribution is 2.22. The molecule has 1 aromatic rings. The Bertz CT molecular complexity index is 316. The Labute approximate surface area is 109 Å². The Morgan fingerprint density at radius 3 is 2.53 bits per heavy atom. The average molecular weight is 257 g/mol. The number of carbonyl (C=O) groups is 1. The lowest BCUT2D eigenvalue weighted by atomic mass is 9.93. The molecule has 0 spiro atoms. The van der Waals surface area contributed by atoms with E-state index in [1.165, 1.54) is 5.56 Å². The summed E-state index contributed by atoms with van der Waals surface area (Å²) < 4.78 is 0. The van der Waals surface area contributed by atoms with E-state index in [4.69, 9.17) is 5.73 Å². The summed E-state index contributed by atoms with van der Waals surface area (Å²) >= 11 is 0. The molecule has 3 N–H and O–H groups in total. The van der Waals surface area contributed by atoms with E-state index in [0.717, 1.165) is 6.42 Å². The van der Waals surface area contributed by atoms with Gasteiger partial charge in [0.2, 0.25) is 5.91 Å². The predicted molar refractivity (Wildman–Crippen MR) is 73.4 cm³/mol. The Morgan fingerprint density at radius 1 is 1.35 bits per heavy atom. The lowest BCUT2D eigenvalue weighted by Gasteiger charge is -2.14. The van der Waals surface area contributed by atoms with Crippen molar-refractivity contribution in [2.45, 2.75) is 25.7 Å². The smallest absolute Gasteiger partial charge is 0.220 e. The third-order valence-corrected chi connectivity index (χ3v) is 2.66. The molecule has 0 aliphatic carbocycles. The number of nitrogens with one attached hydrogen (secondary N) is 1. The zero-order valence-corrected chi connectivity index (χ0v) is 11.0. The van der Waals surface area contributed by atoms with Crippen molar-refractivity contribution < 1.29 is 4.79 Å². The Hall–Kier alpha value is -1.06. The molecule has 0 saturated heterocycles. The lowest BCUT2D eigenvalue weighted by molar-refractivity contribution is -0.121. The fourth-order valence-electron chi connectivity index (χ4n) is 1.73. The van der Waals surface area contributed by atoms with Crippen LogP contribution >= 0.6 is 12.4 Å². The second kappa shape index (κ2) is 9.02. The zero-order valence-electron chi connectivity index (χ0n) is 10.2. The van der Waals surface area contributed by atoms with Gasteiger partial charge in [0.15, 0.2) is 0 Å². The van der Waals surface area contributed by atoms with Crippen molar-refractivity contribution >= 4 is 18.3 Å². The van der Waals surface area contributed by atoms with Crippen LogP contribution in [0.5, 0.6) is 0 Å². The van der Waals surface area contributed by atoms with E-state index in [1.807, 2.05) is 18.2 Å². The summed E-state index contributed by atoms with van der Waals surface area (Å²) in [7, 11) is 0. The molecule has 0 aliphatic heterocycles. The summed E-state index contributed by atoms with van der Waals surface area (Å²) in [5, 5.41) is 2.80. The normalized spacial score (nSPS) is 11.4. The minimum absolute atomic E-state index is 0. The number of benzene rings is 1. The maximum atomic E-state index is 11.6. The van der Waals surface area contributed by atoms with Crippen LogP contribution in [0.1, 0.15) is 31.2 Å². The number of nitrogens with two attached hydrogens (primary N) is 1. The van der Waals surface area contributed by atoms with Gasteiger partial charge >= 0.3 is 0 Å². The minimum atomic E-state index is 0. The maximum absolute atomic E-state index is 11.6. The van der Waals surface area contributed by atoms with E-state index in [2.05, 4.69) is 24.4 Å². The number of hydrogen-bond acceptors (Lipinski definition) is 2. The van der Waals surface area contributed by atoms with Crippen LogP contribution in [0.2, 0.25) is 0 Å². The van der Waals surface area contributed by atoms with Crippen molar-refractivity contribution in [2.24, 2.45) is 5.73 Å². The molecule has 0 bridgehead atoms. The van der Waals surface area contributed by atoms with E-state index in [9.17, 15) is 4.79 Å². The van der Waals surface area contributed by atoms with Crippen LogP contribution in [0, 0.1) is 0 Å². The average Bonchev–Trinajstić information content (AvgIpc) is 2.34. The second-order valence-electron chi connectivity index (χ2n) is 3.86. The quantitative estimate of drug-likeness (QED) is 0.819. The molecule has 1 atom stereocenters. The molecule has 4 heteroatoms. The van der Waals surface area contributed by atoms with Gasteiger partial charge in [0.1, 0.15) is 0 Å². The summed E-state index contributed by atoms with van der Waals surface area (Å²) in [4.78, 5) is 11.6. The molecule has 1 aromatic carbocycles. The van der Waals surface area contributed by atoms with E-state index in [-0.39, 0.29) is 18.3 Å². The fraction of sp³-hybridized carbons (Fsp3) is 0.462. The van der Waals surface area contributed by atoms with Crippen LogP contribution in [-0.2, 0) is 4.79 Å². The molecular weight excluding hydrogens is 236 g/mol. The standard InChI is InChI=1S/C13H20N2O.ClH/c1-2-11(10-13(16)15-9-8-14)12-6-4-3-5-7-12;/h3-7,11H,2,8-10,14H2,1H3,(H,15,16);1H. The highest BCUT2D eigenvalue weighted by molar-refractivity contribution is 5.85. The van der Waals surface area contributed by atoms with Gasteiger partial charge in [0.25, 0.3) is 0 Å². The SMILES string of the molecule is CCC(CC(=O)NCCN)c1ccccc1.Cl. The molecule has 0 heterocycles. The summed E-state index contributed by atoms with van der Waals surface area (Å²) in [6, 6.07) is 10.2. The van der Waals surface area contributed by atoms with Crippen molar-refractivity contribution in [2.75, 3.05) is 13.1 Å². The Kier molecular flexibility index (Phi) is 8.46. The summed E-state index contributed by atoms with van der Waals surface area (Å²) in [6.07, 6.45) is 1.51. The first kappa shape index (κ1) is 15.9. The van der Waals surface area contributed by atoms with Gasteiger partial charge in [-0.1, -0.05) is 37.3 Å². The van der Waals surface area contributed by atoms with Gasteiger partial charge in [-0.3, -0.25) is 4.79 Å². The third kappa shape index (κ3) is 5.71. The first-order valence-corrected chi connectivity index (χ1v) is 5.79. The minimum Gasteiger partial charge on any atom is -0.355 e. The van der Waals surface area contributed by atoms with E-state index < -0.39 is 0 Å². The molecule has 0 radical (unpaired) electrons. The van der Waals surface area contributed by atoms with Crippen molar-refractivity contribution in [3.63, 3.8) is 0 Å². The Balaban J connectivity index is 0.00000256. The number of hydrogen-bond donors (Lipinski definition) is 2. The van der Waals surface area contributed by atoms with E-state index >= 15 is 0 Å². The topological polar surface area (TPSA) is 55.1 Å². The molecule has 17 heavy (non-hydrogen) atoms. The molecule has 3 nitrogen and oxygen atoms in total. The van der Waals surface area contributed by atoms with Crippen LogP contribution < -0.4 is 11.1 Å². The zero-order chi connectivity index (χ0) is 11.8. The van der Waals surface area contributed by atoms with Crippen LogP contribution in [0.4, 0.5) is 0 Å². The molecule has 0 aromatic heterocycles. The fourth-order valence-corrected chi connectivity index (χ4v) is 1.73. The van der Waals surface area contributed by atoms with E-state index in [1.54, 1.807) is 0 Å². The summed E-state index contributed by atoms with van der Waals surface area (Å²) in [5.74, 6) is 0.389. The van der Waals surface area contributed by atoms with Gasteiger partial charge in [-0.15, -0.1) is 12.4 Å². The number of amides is 1. The van der Waals surface area contributed by atoms with Crippen molar-refractivity contribution in [3.05, 3.63) is 35.9 Å². The number of rotatable bonds is 6. The molecule has 1 unspecified atom stereocenters. The Morgan fingerprint density at radius 2 is 2.00 bits per heavy atom. The lowest BCUT2D eigenvalue weighted by Crippen LogP contribution is -2.30. The summed E-state index contributed by atoms with van der Waals surface area (Å²) in [6.45, 7) is 3.16. The van der Waals surface area contributed by atoms with Gasteiger partial charge < -0.3 is 11.1 Å². The second-order valence-corrected chi connectivity index (χ2v) is 3.86. The summed E-state index contributed by atoms with van der Waals surface area (Å²) in [5.41, 5.74) is 6.57. The number of carbonyl (C=O) groups excluding carboxylic acids is 1. The van der Waals surface area contributed by atoms with Crippen LogP contribution in [0.25, 0.3) is 0 Å². The third-order valence-electron chi connectivity index (χ3n) is 2.66. The first-order valence-electron chi connectivity index (χ1n) is 5.79. The highest BCUT2D eigenvalue weighted by Gasteiger charge is 2.13. The van der Waals surface area contributed by atoms with E-state index in [0.29, 0.717) is 25.4 Å². The van der Waals surface area contributed by atoms with Gasteiger partial charge in [0.05, 0.1) is 0 Å². The molecule has 0 aliphatic rings. The molecule has 0 fully saturated rings. The van der Waals surface area contributed by atoms with Crippen molar-refractivity contribution in [1.82, 2.24) is 5.32 Å². The largest absolute Gasteiger partial charge is 0.355 e.